The molecule has 2 rings (SSSR count). The molecule has 0 saturated carbocycles. The normalized spacial score (nSPS) is 9.78. The van der Waals surface area contributed by atoms with E-state index in [9.17, 15) is 0 Å². The van der Waals surface area contributed by atoms with Gasteiger partial charge in [0, 0.05) is 5.75 Å². The van der Waals surface area contributed by atoms with Crippen LogP contribution in [0.15, 0.2) is 58.7 Å². The zero-order valence-electron chi connectivity index (χ0n) is 9.74. The van der Waals surface area contributed by atoms with E-state index in [0.717, 1.165) is 22.9 Å². The number of pyridine rings is 1. The van der Waals surface area contributed by atoms with Crippen LogP contribution in [0.3, 0.4) is 0 Å². The van der Waals surface area contributed by atoms with Crippen LogP contribution in [0.25, 0.3) is 0 Å². The second-order valence-corrected chi connectivity index (χ2v) is 4.94. The van der Waals surface area contributed by atoms with Crippen molar-refractivity contribution in [3.8, 4) is 0 Å². The Morgan fingerprint density at radius 1 is 1.17 bits per heavy atom. The quantitative estimate of drug-likeness (QED) is 0.464. The number of nitrogens with zero attached hydrogens (tertiary/aromatic N) is 2. The van der Waals surface area contributed by atoms with Gasteiger partial charge in [-0.15, -0.1) is 11.8 Å². The van der Waals surface area contributed by atoms with Crippen molar-refractivity contribution in [3.63, 3.8) is 0 Å². The molecule has 0 bridgehead atoms. The first-order valence-corrected chi connectivity index (χ1v) is 6.98. The Labute approximate surface area is 116 Å². The molecule has 1 heterocycles. The molecule has 1 aromatic heterocycles. The Morgan fingerprint density at radius 2 is 2.00 bits per heavy atom. The Hall–Kier alpha value is -1.48. The van der Waals surface area contributed by atoms with Gasteiger partial charge in [0.25, 0.3) is 0 Å². The lowest BCUT2D eigenvalue weighted by Gasteiger charge is -2.01. The van der Waals surface area contributed by atoms with Crippen LogP contribution < -0.4 is 0 Å². The lowest BCUT2D eigenvalue weighted by atomic mass is 10.2. The molecule has 2 nitrogen and oxygen atoms in total. The monoisotopic (exact) mass is 272 g/mol. The fourth-order valence-corrected chi connectivity index (χ4v) is 2.44. The minimum Gasteiger partial charge on any atom is -0.248 e. The van der Waals surface area contributed by atoms with Crippen LogP contribution in [0.5, 0.6) is 0 Å². The number of hydrogen-bond donors (Lipinski definition) is 0. The first-order chi connectivity index (χ1) is 8.88. The van der Waals surface area contributed by atoms with Gasteiger partial charge in [-0.1, -0.05) is 30.3 Å². The average Bonchev–Trinajstić information content (AvgIpc) is 2.42. The number of hydrogen-bond acceptors (Lipinski definition) is 4. The summed E-state index contributed by atoms with van der Waals surface area (Å²) in [6.07, 6.45) is 2.76. The summed E-state index contributed by atoms with van der Waals surface area (Å²) in [4.78, 5) is 8.18. The van der Waals surface area contributed by atoms with Crippen molar-refractivity contribution in [1.29, 1.82) is 0 Å². The van der Waals surface area contributed by atoms with Crippen LogP contribution in [0.2, 0.25) is 0 Å². The standard InChI is InChI=1S/C14H12N2S2/c17-11-16-13-6-7-14(15-10-13)18-9-8-12-4-2-1-3-5-12/h1-7,10H,8-9H2. The number of thiocarbonyl (C=S) groups is 1. The van der Waals surface area contributed by atoms with Gasteiger partial charge in [-0.25, -0.2) is 4.98 Å². The van der Waals surface area contributed by atoms with Gasteiger partial charge < -0.3 is 0 Å². The summed E-state index contributed by atoms with van der Waals surface area (Å²) in [5, 5.41) is 3.34. The van der Waals surface area contributed by atoms with Gasteiger partial charge in [0.05, 0.1) is 22.1 Å². The molecule has 0 radical (unpaired) electrons. The zero-order valence-corrected chi connectivity index (χ0v) is 11.4. The molecule has 0 aliphatic heterocycles. The van der Waals surface area contributed by atoms with Gasteiger partial charge >= 0.3 is 0 Å². The third-order valence-corrected chi connectivity index (χ3v) is 3.42. The molecule has 0 amide bonds. The van der Waals surface area contributed by atoms with Gasteiger partial charge in [0.1, 0.15) is 0 Å². The highest BCUT2D eigenvalue weighted by Gasteiger charge is 1.97. The minimum atomic E-state index is 0.748. The first-order valence-electron chi connectivity index (χ1n) is 5.59. The number of benzene rings is 1. The van der Waals surface area contributed by atoms with Crippen molar-refractivity contribution in [3.05, 3.63) is 54.2 Å². The van der Waals surface area contributed by atoms with Crippen LogP contribution >= 0.6 is 24.0 Å². The maximum atomic E-state index is 4.54. The van der Waals surface area contributed by atoms with E-state index in [-0.39, 0.29) is 0 Å². The van der Waals surface area contributed by atoms with Crippen LogP contribution in [0.4, 0.5) is 5.69 Å². The number of aliphatic imine (C=N–C) groups is 1. The number of thioether (sulfide) groups is 1. The van der Waals surface area contributed by atoms with Gasteiger partial charge in [0.2, 0.25) is 0 Å². The molecule has 0 atom stereocenters. The molecule has 4 heteroatoms. The van der Waals surface area contributed by atoms with Crippen molar-refractivity contribution in [2.75, 3.05) is 5.75 Å². The lowest BCUT2D eigenvalue weighted by Crippen LogP contribution is -1.88. The summed E-state index contributed by atoms with van der Waals surface area (Å²) in [7, 11) is 0. The van der Waals surface area contributed by atoms with E-state index in [0.29, 0.717) is 0 Å². The van der Waals surface area contributed by atoms with Crippen LogP contribution in [-0.4, -0.2) is 15.9 Å². The van der Waals surface area contributed by atoms with Gasteiger partial charge in [-0.05, 0) is 36.3 Å². The molecule has 0 unspecified atom stereocenters. The molecular formula is C14H12N2S2. The number of rotatable bonds is 5. The summed E-state index contributed by atoms with van der Waals surface area (Å²) in [6.45, 7) is 0. The molecule has 0 aliphatic carbocycles. The van der Waals surface area contributed by atoms with Crippen molar-refractivity contribution in [2.45, 2.75) is 11.4 Å². The van der Waals surface area contributed by atoms with Crippen molar-refractivity contribution in [2.24, 2.45) is 4.99 Å². The summed E-state index contributed by atoms with van der Waals surface area (Å²) in [5.41, 5.74) is 2.10. The van der Waals surface area contributed by atoms with E-state index < -0.39 is 0 Å². The van der Waals surface area contributed by atoms with Crippen LogP contribution in [0, 0.1) is 0 Å². The molecule has 90 valence electrons. The summed E-state index contributed by atoms with van der Waals surface area (Å²) < 4.78 is 0. The first kappa shape index (κ1) is 13.0. The molecular weight excluding hydrogens is 260 g/mol. The van der Waals surface area contributed by atoms with Gasteiger partial charge in [-0.3, -0.25) is 0 Å². The summed E-state index contributed by atoms with van der Waals surface area (Å²) in [5.74, 6) is 1.02. The highest BCUT2D eigenvalue weighted by atomic mass is 32.2. The number of isothiocyanates is 1. The SMILES string of the molecule is S=C=Nc1ccc(SCCc2ccccc2)nc1. The minimum absolute atomic E-state index is 0.748. The third-order valence-electron chi connectivity index (χ3n) is 2.38. The van der Waals surface area contributed by atoms with Crippen molar-refractivity contribution in [1.82, 2.24) is 4.98 Å². The Morgan fingerprint density at radius 3 is 2.67 bits per heavy atom. The van der Waals surface area contributed by atoms with Crippen molar-refractivity contribution >= 4 is 34.8 Å². The maximum absolute atomic E-state index is 4.54. The second-order valence-electron chi connectivity index (χ2n) is 3.64. The van der Waals surface area contributed by atoms with E-state index in [1.807, 2.05) is 18.2 Å². The van der Waals surface area contributed by atoms with Crippen molar-refractivity contribution < 1.29 is 0 Å². The summed E-state index contributed by atoms with van der Waals surface area (Å²) in [6, 6.07) is 14.3. The second kappa shape index (κ2) is 7.07. The molecule has 18 heavy (non-hydrogen) atoms. The smallest absolute Gasteiger partial charge is 0.0961 e. The molecule has 0 fully saturated rings. The molecule has 0 aliphatic rings. The summed E-state index contributed by atoms with van der Waals surface area (Å²) >= 11 is 6.28. The van der Waals surface area contributed by atoms with Gasteiger partial charge in [-0.2, -0.15) is 4.99 Å². The third kappa shape index (κ3) is 4.08. The van der Waals surface area contributed by atoms with E-state index in [1.165, 1.54) is 5.56 Å². The van der Waals surface area contributed by atoms with E-state index in [2.05, 4.69) is 51.6 Å². The fourth-order valence-electron chi connectivity index (χ4n) is 1.49. The zero-order chi connectivity index (χ0) is 12.6. The number of aromatic nitrogens is 1. The molecule has 1 aromatic carbocycles. The maximum Gasteiger partial charge on any atom is 0.0961 e. The predicted octanol–water partition coefficient (Wildman–Crippen LogP) is 4.15. The molecule has 0 spiro atoms. The lowest BCUT2D eigenvalue weighted by molar-refractivity contribution is 1.11. The van der Waals surface area contributed by atoms with Crippen LogP contribution in [0.1, 0.15) is 5.56 Å². The Bertz CT molecular complexity index is 531. The van der Waals surface area contributed by atoms with E-state index >= 15 is 0 Å². The Kier molecular flexibility index (Phi) is 5.09. The fraction of sp³-hybridized carbons (Fsp3) is 0.143. The van der Waals surface area contributed by atoms with E-state index in [4.69, 9.17) is 0 Å². The molecule has 2 aromatic rings. The number of aryl methyl sites for hydroxylation is 1. The van der Waals surface area contributed by atoms with Crippen LogP contribution in [-0.2, 0) is 6.42 Å². The topological polar surface area (TPSA) is 25.2 Å². The predicted molar refractivity (Wildman–Crippen MR) is 79.8 cm³/mol. The highest BCUT2D eigenvalue weighted by molar-refractivity contribution is 7.99. The highest BCUT2D eigenvalue weighted by Crippen LogP contribution is 2.19. The molecule has 0 saturated heterocycles. The Balaban J connectivity index is 1.85. The average molecular weight is 272 g/mol. The van der Waals surface area contributed by atoms with E-state index in [1.54, 1.807) is 18.0 Å². The van der Waals surface area contributed by atoms with Gasteiger partial charge in [0.15, 0.2) is 0 Å². The largest absolute Gasteiger partial charge is 0.248 e. The molecule has 0 N–H and O–H groups in total.